The van der Waals surface area contributed by atoms with Gasteiger partial charge in [0.15, 0.2) is 5.65 Å². The van der Waals surface area contributed by atoms with Gasteiger partial charge < -0.3 is 15.0 Å². The maximum Gasteiger partial charge on any atom is 0.410 e. The zero-order valence-corrected chi connectivity index (χ0v) is 20.5. The third-order valence-electron chi connectivity index (χ3n) is 5.15. The van der Waals surface area contributed by atoms with E-state index in [0.29, 0.717) is 30.0 Å². The number of hydrogen-bond acceptors (Lipinski definition) is 5. The lowest BCUT2D eigenvalue weighted by atomic mass is 10.1. The molecule has 1 aromatic carbocycles. The lowest BCUT2D eigenvalue weighted by Crippen LogP contribution is -2.36. The van der Waals surface area contributed by atoms with Crippen LogP contribution in [0.2, 0.25) is 0 Å². The molecule has 1 N–H and O–H groups in total. The number of nitrogens with zero attached hydrogens (tertiary/aromatic N) is 4. The Bertz CT molecular complexity index is 1160. The van der Waals surface area contributed by atoms with Crippen LogP contribution < -0.4 is 5.32 Å². The molecule has 3 aromatic rings. The van der Waals surface area contributed by atoms with Crippen LogP contribution in [0.3, 0.4) is 0 Å². The fourth-order valence-corrected chi connectivity index (χ4v) is 3.48. The van der Waals surface area contributed by atoms with Gasteiger partial charge in [0.25, 0.3) is 5.91 Å². The Morgan fingerprint density at radius 3 is 2.55 bits per heavy atom. The van der Waals surface area contributed by atoms with Crippen molar-refractivity contribution in [1.82, 2.24) is 19.7 Å². The summed E-state index contributed by atoms with van der Waals surface area (Å²) in [5.74, 6) is -0.257. The molecule has 0 aliphatic rings. The third kappa shape index (κ3) is 5.69. The van der Waals surface area contributed by atoms with E-state index in [9.17, 15) is 9.59 Å². The van der Waals surface area contributed by atoms with Gasteiger partial charge >= 0.3 is 6.09 Å². The van der Waals surface area contributed by atoms with Crippen LogP contribution in [0.5, 0.6) is 0 Å². The van der Waals surface area contributed by atoms with Gasteiger partial charge in [0, 0.05) is 23.7 Å². The third-order valence-corrected chi connectivity index (χ3v) is 5.15. The van der Waals surface area contributed by atoms with Crippen LogP contribution in [0.1, 0.15) is 69.2 Å². The monoisotopic (exact) mass is 451 g/mol. The van der Waals surface area contributed by atoms with Crippen LogP contribution >= 0.6 is 0 Å². The lowest BCUT2D eigenvalue weighted by molar-refractivity contribution is 0.0245. The number of pyridine rings is 1. The maximum atomic E-state index is 13.2. The summed E-state index contributed by atoms with van der Waals surface area (Å²) < 4.78 is 7.35. The first-order valence-corrected chi connectivity index (χ1v) is 11.2. The molecule has 0 saturated carbocycles. The highest BCUT2D eigenvalue weighted by molar-refractivity contribution is 6.07. The van der Waals surface area contributed by atoms with Crippen molar-refractivity contribution in [3.63, 3.8) is 0 Å². The molecule has 2 aromatic heterocycles. The Morgan fingerprint density at radius 2 is 1.91 bits per heavy atom. The van der Waals surface area contributed by atoms with Gasteiger partial charge in [-0.05, 0) is 66.2 Å². The number of amides is 2. The van der Waals surface area contributed by atoms with E-state index >= 15 is 0 Å². The van der Waals surface area contributed by atoms with Gasteiger partial charge in [0.2, 0.25) is 0 Å². The van der Waals surface area contributed by atoms with Crippen LogP contribution in [-0.2, 0) is 11.3 Å². The summed E-state index contributed by atoms with van der Waals surface area (Å²) in [7, 11) is 0. The van der Waals surface area contributed by atoms with Gasteiger partial charge in [0.1, 0.15) is 5.60 Å². The van der Waals surface area contributed by atoms with Gasteiger partial charge in [-0.1, -0.05) is 18.2 Å². The number of carbonyl (C=O) groups is 2. The number of fused-ring (bicyclic) bond motifs is 1. The van der Waals surface area contributed by atoms with Crippen LogP contribution in [0.4, 0.5) is 10.5 Å². The minimum atomic E-state index is -0.579. The summed E-state index contributed by atoms with van der Waals surface area (Å²) >= 11 is 0. The summed E-state index contributed by atoms with van der Waals surface area (Å²) in [5.41, 5.74) is 2.75. The molecule has 176 valence electrons. The minimum Gasteiger partial charge on any atom is -0.444 e. The first kappa shape index (κ1) is 24.2. The predicted molar refractivity (Wildman–Crippen MR) is 129 cm³/mol. The van der Waals surface area contributed by atoms with Crippen molar-refractivity contribution in [3.05, 3.63) is 53.3 Å². The smallest absolute Gasteiger partial charge is 0.410 e. The first-order chi connectivity index (χ1) is 15.5. The standard InChI is InChI=1S/C25H33N5O3/c1-8-29(24(32)33-25(5,6)7)15-18-11-9-10-12-21(18)28-23(31)20-13-19-14-26-30(16(2)3)22(19)27-17(20)4/h9-14,16H,8,15H2,1-7H3,(H,28,31). The molecular formula is C25H33N5O3. The predicted octanol–water partition coefficient (Wildman–Crippen LogP) is 5.33. The number of para-hydroxylation sites is 1. The van der Waals surface area contributed by atoms with Gasteiger partial charge in [-0.15, -0.1) is 0 Å². The number of ether oxygens (including phenoxy) is 1. The highest BCUT2D eigenvalue weighted by Gasteiger charge is 2.22. The minimum absolute atomic E-state index is 0.174. The van der Waals surface area contributed by atoms with Crippen LogP contribution in [0.15, 0.2) is 36.5 Å². The number of rotatable bonds is 6. The van der Waals surface area contributed by atoms with Crippen LogP contribution in [0, 0.1) is 6.92 Å². The molecule has 2 amide bonds. The molecule has 0 spiro atoms. The van der Waals surface area contributed by atoms with Crippen molar-refractivity contribution < 1.29 is 14.3 Å². The quantitative estimate of drug-likeness (QED) is 0.547. The molecule has 0 fully saturated rings. The van der Waals surface area contributed by atoms with Crippen LogP contribution in [-0.4, -0.2) is 43.8 Å². The molecule has 0 aliphatic heterocycles. The van der Waals surface area contributed by atoms with E-state index in [-0.39, 0.29) is 11.9 Å². The van der Waals surface area contributed by atoms with Gasteiger partial charge in [-0.2, -0.15) is 5.10 Å². The van der Waals surface area contributed by atoms with Crippen molar-refractivity contribution in [2.24, 2.45) is 0 Å². The molecular weight excluding hydrogens is 418 g/mol. The van der Waals surface area contributed by atoms with Gasteiger partial charge in [-0.3, -0.25) is 4.79 Å². The maximum absolute atomic E-state index is 13.2. The number of carbonyl (C=O) groups excluding carboxylic acids is 2. The molecule has 0 radical (unpaired) electrons. The Hall–Kier alpha value is -3.42. The van der Waals surface area contributed by atoms with Crippen LogP contribution in [0.25, 0.3) is 11.0 Å². The molecule has 8 heteroatoms. The highest BCUT2D eigenvalue weighted by Crippen LogP contribution is 2.23. The summed E-state index contributed by atoms with van der Waals surface area (Å²) in [6.45, 7) is 14.1. The van der Waals surface area contributed by atoms with Crippen molar-refractivity contribution in [1.29, 1.82) is 0 Å². The van der Waals surface area contributed by atoms with E-state index in [1.165, 1.54) is 0 Å². The molecule has 3 rings (SSSR count). The molecule has 8 nitrogen and oxygen atoms in total. The fraction of sp³-hybridized carbons (Fsp3) is 0.440. The summed E-state index contributed by atoms with van der Waals surface area (Å²) in [4.78, 5) is 32.0. The highest BCUT2D eigenvalue weighted by atomic mass is 16.6. The number of aryl methyl sites for hydroxylation is 1. The summed E-state index contributed by atoms with van der Waals surface area (Å²) in [6.07, 6.45) is 1.34. The van der Waals surface area contributed by atoms with E-state index in [1.54, 1.807) is 11.1 Å². The number of aromatic nitrogens is 3. The van der Waals surface area contributed by atoms with E-state index in [4.69, 9.17) is 4.74 Å². The number of benzene rings is 1. The molecule has 0 atom stereocenters. The number of nitrogens with one attached hydrogen (secondary N) is 1. The van der Waals surface area contributed by atoms with Crippen molar-refractivity contribution in [2.75, 3.05) is 11.9 Å². The Labute approximate surface area is 194 Å². The van der Waals surface area contributed by atoms with E-state index in [2.05, 4.69) is 15.4 Å². The van der Waals surface area contributed by atoms with E-state index in [1.807, 2.05) is 83.5 Å². The van der Waals surface area contributed by atoms with Crippen molar-refractivity contribution in [2.45, 2.75) is 66.7 Å². The molecule has 0 saturated heterocycles. The Kier molecular flexibility index (Phi) is 7.05. The molecule has 33 heavy (non-hydrogen) atoms. The molecule has 0 bridgehead atoms. The van der Waals surface area contributed by atoms with Crippen molar-refractivity contribution >= 4 is 28.7 Å². The van der Waals surface area contributed by atoms with E-state index in [0.717, 1.165) is 16.6 Å². The second kappa shape index (κ2) is 9.60. The average molecular weight is 452 g/mol. The average Bonchev–Trinajstić information content (AvgIpc) is 3.14. The largest absolute Gasteiger partial charge is 0.444 e. The first-order valence-electron chi connectivity index (χ1n) is 11.2. The molecule has 0 aliphatic carbocycles. The number of anilines is 1. The zero-order valence-electron chi connectivity index (χ0n) is 20.5. The molecule has 0 unspecified atom stereocenters. The van der Waals surface area contributed by atoms with Gasteiger partial charge in [0.05, 0.1) is 24.0 Å². The van der Waals surface area contributed by atoms with Gasteiger partial charge in [-0.25, -0.2) is 14.5 Å². The molecule has 2 heterocycles. The summed E-state index contributed by atoms with van der Waals surface area (Å²) in [5, 5.41) is 8.20. The fourth-order valence-electron chi connectivity index (χ4n) is 3.48. The topological polar surface area (TPSA) is 89.4 Å². The second-order valence-electron chi connectivity index (χ2n) is 9.32. The SMILES string of the molecule is CCN(Cc1ccccc1NC(=O)c1cc2cnn(C(C)C)c2nc1C)C(=O)OC(C)(C)C. The number of hydrogen-bond donors (Lipinski definition) is 1. The lowest BCUT2D eigenvalue weighted by Gasteiger charge is -2.27. The van der Waals surface area contributed by atoms with E-state index < -0.39 is 11.7 Å². The Balaban J connectivity index is 1.84. The summed E-state index contributed by atoms with van der Waals surface area (Å²) in [6, 6.07) is 9.45. The normalized spacial score (nSPS) is 11.6. The second-order valence-corrected chi connectivity index (χ2v) is 9.32. The zero-order chi connectivity index (χ0) is 24.3. The Morgan fingerprint density at radius 1 is 1.21 bits per heavy atom. The van der Waals surface area contributed by atoms with Crippen molar-refractivity contribution in [3.8, 4) is 0 Å².